The molecule has 4 heteroatoms. The van der Waals surface area contributed by atoms with Crippen molar-refractivity contribution in [2.24, 2.45) is 0 Å². The molecule has 2 aromatic rings. The first-order chi connectivity index (χ1) is 11.6. The number of carbonyl (C=O) groups excluding carboxylic acids is 1. The van der Waals surface area contributed by atoms with Crippen molar-refractivity contribution in [1.82, 2.24) is 10.2 Å². The van der Waals surface area contributed by atoms with E-state index in [1.54, 1.807) is 0 Å². The Morgan fingerprint density at radius 2 is 1.96 bits per heavy atom. The molecule has 2 aromatic carbocycles. The maximum atomic E-state index is 13.0. The molecular formula is C20H25N3O. The van der Waals surface area contributed by atoms with Gasteiger partial charge in [-0.25, -0.2) is 0 Å². The number of anilines is 1. The highest BCUT2D eigenvalue weighted by Crippen LogP contribution is 2.32. The Morgan fingerprint density at radius 3 is 2.67 bits per heavy atom. The quantitative estimate of drug-likeness (QED) is 0.850. The Bertz CT molecular complexity index is 712. The van der Waals surface area contributed by atoms with Gasteiger partial charge in [0.15, 0.2) is 0 Å². The number of aryl methyl sites for hydroxylation is 1. The van der Waals surface area contributed by atoms with Gasteiger partial charge in [0.05, 0.1) is 6.04 Å². The molecule has 0 heterocycles. The third-order valence-corrected chi connectivity index (χ3v) is 4.68. The summed E-state index contributed by atoms with van der Waals surface area (Å²) in [7, 11) is 3.87. The second-order valence-electron chi connectivity index (χ2n) is 6.69. The number of nitrogens with two attached hydrogens (primary N) is 1. The number of nitrogen functional groups attached to an aromatic ring is 1. The standard InChI is InChI=1S/C20H25N3O/c1-23(2)19(14-7-4-3-5-8-14)20(24)22-18-10-6-9-15-13-16(21)11-12-17(15)18/h3-5,7-8,11-13,18-19H,6,9-10,21H2,1-2H3,(H,22,24). The first-order valence-corrected chi connectivity index (χ1v) is 8.46. The van der Waals surface area contributed by atoms with Crippen LogP contribution in [0.2, 0.25) is 0 Å². The van der Waals surface area contributed by atoms with E-state index >= 15 is 0 Å². The van der Waals surface area contributed by atoms with E-state index in [2.05, 4.69) is 11.4 Å². The Labute approximate surface area is 143 Å². The van der Waals surface area contributed by atoms with Crippen LogP contribution < -0.4 is 11.1 Å². The molecular weight excluding hydrogens is 298 g/mol. The van der Waals surface area contributed by atoms with Gasteiger partial charge in [-0.2, -0.15) is 0 Å². The van der Waals surface area contributed by atoms with Crippen LogP contribution >= 0.6 is 0 Å². The summed E-state index contributed by atoms with van der Waals surface area (Å²) in [4.78, 5) is 14.9. The fourth-order valence-electron chi connectivity index (χ4n) is 3.55. The highest BCUT2D eigenvalue weighted by atomic mass is 16.2. The summed E-state index contributed by atoms with van der Waals surface area (Å²) < 4.78 is 0. The molecule has 0 saturated carbocycles. The number of benzene rings is 2. The Hall–Kier alpha value is -2.33. The van der Waals surface area contributed by atoms with Gasteiger partial charge >= 0.3 is 0 Å². The minimum absolute atomic E-state index is 0.0425. The molecule has 0 aromatic heterocycles. The molecule has 126 valence electrons. The molecule has 0 saturated heterocycles. The summed E-state index contributed by atoms with van der Waals surface area (Å²) in [5, 5.41) is 3.25. The second kappa shape index (κ2) is 7.05. The van der Waals surface area contributed by atoms with Crippen molar-refractivity contribution in [2.75, 3.05) is 19.8 Å². The molecule has 3 rings (SSSR count). The van der Waals surface area contributed by atoms with Crippen molar-refractivity contribution in [3.8, 4) is 0 Å². The van der Waals surface area contributed by atoms with Gasteiger partial charge in [0.1, 0.15) is 6.04 Å². The van der Waals surface area contributed by atoms with Gasteiger partial charge in [-0.3, -0.25) is 9.69 Å². The van der Waals surface area contributed by atoms with Gasteiger partial charge in [-0.1, -0.05) is 36.4 Å². The molecule has 0 bridgehead atoms. The second-order valence-corrected chi connectivity index (χ2v) is 6.69. The SMILES string of the molecule is CN(C)C(C(=O)NC1CCCc2cc(N)ccc21)c1ccccc1. The Balaban J connectivity index is 1.82. The molecule has 0 radical (unpaired) electrons. The van der Waals surface area contributed by atoms with E-state index in [-0.39, 0.29) is 18.0 Å². The minimum Gasteiger partial charge on any atom is -0.399 e. The summed E-state index contributed by atoms with van der Waals surface area (Å²) in [5.41, 5.74) is 10.2. The summed E-state index contributed by atoms with van der Waals surface area (Å²) in [5.74, 6) is 0.0425. The van der Waals surface area contributed by atoms with E-state index in [9.17, 15) is 4.79 Å². The molecule has 1 aliphatic rings. The third-order valence-electron chi connectivity index (χ3n) is 4.68. The van der Waals surface area contributed by atoms with Crippen LogP contribution in [0.15, 0.2) is 48.5 Å². The lowest BCUT2D eigenvalue weighted by Crippen LogP contribution is -2.39. The number of amides is 1. The lowest BCUT2D eigenvalue weighted by atomic mass is 9.87. The monoisotopic (exact) mass is 323 g/mol. The first kappa shape index (κ1) is 16.5. The molecule has 0 fully saturated rings. The molecule has 0 spiro atoms. The van der Waals surface area contributed by atoms with Crippen molar-refractivity contribution in [2.45, 2.75) is 31.3 Å². The number of nitrogens with zero attached hydrogens (tertiary/aromatic N) is 1. The molecule has 2 atom stereocenters. The number of carbonyl (C=O) groups is 1. The van der Waals surface area contributed by atoms with Crippen LogP contribution in [-0.2, 0) is 11.2 Å². The van der Waals surface area contributed by atoms with Gasteiger partial charge in [0, 0.05) is 5.69 Å². The van der Waals surface area contributed by atoms with Crippen LogP contribution in [0.4, 0.5) is 5.69 Å². The van der Waals surface area contributed by atoms with Crippen LogP contribution in [0, 0.1) is 0 Å². The fraction of sp³-hybridized carbons (Fsp3) is 0.350. The van der Waals surface area contributed by atoms with Crippen LogP contribution in [0.1, 0.15) is 41.6 Å². The zero-order valence-corrected chi connectivity index (χ0v) is 14.3. The lowest BCUT2D eigenvalue weighted by molar-refractivity contribution is -0.126. The predicted octanol–water partition coefficient (Wildman–Crippen LogP) is 3.07. The highest BCUT2D eigenvalue weighted by Gasteiger charge is 2.27. The molecule has 0 aliphatic heterocycles. The Kier molecular flexibility index (Phi) is 4.86. The molecule has 24 heavy (non-hydrogen) atoms. The summed E-state index contributed by atoms with van der Waals surface area (Å²) >= 11 is 0. The van der Waals surface area contributed by atoms with Crippen molar-refractivity contribution >= 4 is 11.6 Å². The smallest absolute Gasteiger partial charge is 0.242 e. The van der Waals surface area contributed by atoms with Crippen molar-refractivity contribution < 1.29 is 4.79 Å². The van der Waals surface area contributed by atoms with Gasteiger partial charge in [0.2, 0.25) is 5.91 Å². The molecule has 1 aliphatic carbocycles. The van der Waals surface area contributed by atoms with E-state index in [4.69, 9.17) is 5.73 Å². The number of hydrogen-bond donors (Lipinski definition) is 2. The number of nitrogens with one attached hydrogen (secondary N) is 1. The van der Waals surface area contributed by atoms with Crippen LogP contribution in [-0.4, -0.2) is 24.9 Å². The van der Waals surface area contributed by atoms with E-state index in [0.717, 1.165) is 30.5 Å². The van der Waals surface area contributed by atoms with E-state index < -0.39 is 0 Å². The molecule has 1 amide bonds. The maximum Gasteiger partial charge on any atom is 0.242 e. The average Bonchev–Trinajstić information content (AvgIpc) is 2.55. The zero-order valence-electron chi connectivity index (χ0n) is 14.3. The van der Waals surface area contributed by atoms with Crippen molar-refractivity contribution in [1.29, 1.82) is 0 Å². The maximum absolute atomic E-state index is 13.0. The molecule has 2 unspecified atom stereocenters. The summed E-state index contributed by atoms with van der Waals surface area (Å²) in [6.45, 7) is 0. The minimum atomic E-state index is -0.287. The van der Waals surface area contributed by atoms with Crippen LogP contribution in [0.25, 0.3) is 0 Å². The number of fused-ring (bicyclic) bond motifs is 1. The number of rotatable bonds is 4. The lowest BCUT2D eigenvalue weighted by Gasteiger charge is -2.30. The predicted molar refractivity (Wildman–Crippen MR) is 97.5 cm³/mol. The van der Waals surface area contributed by atoms with E-state index in [1.807, 2.05) is 61.5 Å². The van der Waals surface area contributed by atoms with Crippen molar-refractivity contribution in [3.63, 3.8) is 0 Å². The molecule has 3 N–H and O–H groups in total. The van der Waals surface area contributed by atoms with Gasteiger partial charge < -0.3 is 11.1 Å². The third kappa shape index (κ3) is 3.44. The first-order valence-electron chi connectivity index (χ1n) is 8.46. The van der Waals surface area contributed by atoms with Crippen LogP contribution in [0.3, 0.4) is 0 Å². The van der Waals surface area contributed by atoms with Gasteiger partial charge in [0.25, 0.3) is 0 Å². The van der Waals surface area contributed by atoms with Crippen LogP contribution in [0.5, 0.6) is 0 Å². The van der Waals surface area contributed by atoms with Crippen molar-refractivity contribution in [3.05, 3.63) is 65.2 Å². The zero-order chi connectivity index (χ0) is 17.1. The topological polar surface area (TPSA) is 58.4 Å². The van der Waals surface area contributed by atoms with Gasteiger partial charge in [-0.05, 0) is 62.2 Å². The largest absolute Gasteiger partial charge is 0.399 e. The van der Waals surface area contributed by atoms with E-state index in [0.29, 0.717) is 0 Å². The molecule has 4 nitrogen and oxygen atoms in total. The summed E-state index contributed by atoms with van der Waals surface area (Å²) in [6, 6.07) is 15.7. The number of likely N-dealkylation sites (N-methyl/N-ethyl adjacent to an activating group) is 1. The Morgan fingerprint density at radius 1 is 1.21 bits per heavy atom. The fourth-order valence-corrected chi connectivity index (χ4v) is 3.55. The van der Waals surface area contributed by atoms with E-state index in [1.165, 1.54) is 11.1 Å². The van der Waals surface area contributed by atoms with Gasteiger partial charge in [-0.15, -0.1) is 0 Å². The average molecular weight is 323 g/mol. The normalized spacial score (nSPS) is 18.0. The highest BCUT2D eigenvalue weighted by molar-refractivity contribution is 5.83. The summed E-state index contributed by atoms with van der Waals surface area (Å²) in [6.07, 6.45) is 3.07. The number of hydrogen-bond acceptors (Lipinski definition) is 3.